The molecule has 2 rings (SSSR count). The Morgan fingerprint density at radius 2 is 2.05 bits per heavy atom. The summed E-state index contributed by atoms with van der Waals surface area (Å²) in [5.74, 6) is 0.534. The van der Waals surface area contributed by atoms with Gasteiger partial charge < -0.3 is 10.6 Å². The smallest absolute Gasteiger partial charge is 0.220 e. The van der Waals surface area contributed by atoms with Crippen LogP contribution in [0.2, 0.25) is 0 Å². The van der Waals surface area contributed by atoms with Gasteiger partial charge in [-0.05, 0) is 35.4 Å². The fourth-order valence-electron chi connectivity index (χ4n) is 2.65. The van der Waals surface area contributed by atoms with Crippen LogP contribution in [0.25, 0.3) is 0 Å². The number of benzene rings is 1. The SMILES string of the molecule is CC(CC(=O)NCC1NCCc2ccccc21)C(C)(C)C.Cl. The third-order valence-electron chi connectivity index (χ3n) is 4.69. The average molecular weight is 325 g/mol. The van der Waals surface area contributed by atoms with E-state index >= 15 is 0 Å². The Morgan fingerprint density at radius 3 is 2.73 bits per heavy atom. The molecule has 1 aliphatic heterocycles. The van der Waals surface area contributed by atoms with Crippen molar-refractivity contribution in [3.63, 3.8) is 0 Å². The van der Waals surface area contributed by atoms with E-state index in [1.807, 2.05) is 0 Å². The zero-order chi connectivity index (χ0) is 15.5. The van der Waals surface area contributed by atoms with Crippen LogP contribution >= 0.6 is 12.4 Å². The number of hydrogen-bond acceptors (Lipinski definition) is 2. The lowest BCUT2D eigenvalue weighted by Crippen LogP contribution is -2.39. The predicted molar refractivity (Wildman–Crippen MR) is 94.4 cm³/mol. The molecule has 3 nitrogen and oxygen atoms in total. The van der Waals surface area contributed by atoms with E-state index < -0.39 is 0 Å². The van der Waals surface area contributed by atoms with Gasteiger partial charge in [0.2, 0.25) is 5.91 Å². The summed E-state index contributed by atoms with van der Waals surface area (Å²) < 4.78 is 0. The number of nitrogens with one attached hydrogen (secondary N) is 2. The zero-order valence-electron chi connectivity index (χ0n) is 14.1. The molecule has 4 heteroatoms. The van der Waals surface area contributed by atoms with Crippen molar-refractivity contribution in [2.75, 3.05) is 13.1 Å². The minimum atomic E-state index is 0. The molecule has 2 unspecified atom stereocenters. The third-order valence-corrected chi connectivity index (χ3v) is 4.69. The molecule has 0 radical (unpaired) electrons. The Bertz CT molecular complexity index is 496. The van der Waals surface area contributed by atoms with Gasteiger partial charge in [-0.3, -0.25) is 4.79 Å². The van der Waals surface area contributed by atoms with Crippen molar-refractivity contribution < 1.29 is 4.79 Å². The summed E-state index contributed by atoms with van der Waals surface area (Å²) in [6.45, 7) is 10.4. The number of hydrogen-bond donors (Lipinski definition) is 2. The number of rotatable bonds is 4. The second-order valence-corrected chi connectivity index (χ2v) is 7.23. The quantitative estimate of drug-likeness (QED) is 0.890. The van der Waals surface area contributed by atoms with E-state index in [2.05, 4.69) is 62.6 Å². The van der Waals surface area contributed by atoms with Gasteiger partial charge in [0, 0.05) is 19.0 Å². The van der Waals surface area contributed by atoms with Crippen LogP contribution in [0.15, 0.2) is 24.3 Å². The predicted octanol–water partition coefficient (Wildman–Crippen LogP) is 3.48. The van der Waals surface area contributed by atoms with Crippen LogP contribution in [0, 0.1) is 11.3 Å². The van der Waals surface area contributed by atoms with Crippen molar-refractivity contribution >= 4 is 18.3 Å². The van der Waals surface area contributed by atoms with E-state index in [1.54, 1.807) is 0 Å². The van der Waals surface area contributed by atoms with E-state index in [0.29, 0.717) is 18.9 Å². The van der Waals surface area contributed by atoms with Gasteiger partial charge in [-0.2, -0.15) is 0 Å². The molecule has 1 amide bonds. The lowest BCUT2D eigenvalue weighted by molar-refractivity contribution is -0.122. The number of fused-ring (bicyclic) bond motifs is 1. The first-order valence-electron chi connectivity index (χ1n) is 7.96. The largest absolute Gasteiger partial charge is 0.354 e. The summed E-state index contributed by atoms with van der Waals surface area (Å²) in [7, 11) is 0. The number of amides is 1. The minimum Gasteiger partial charge on any atom is -0.354 e. The maximum atomic E-state index is 12.1. The van der Waals surface area contributed by atoms with Crippen LogP contribution in [0.1, 0.15) is 51.3 Å². The van der Waals surface area contributed by atoms with Crippen LogP contribution in [0.5, 0.6) is 0 Å². The van der Waals surface area contributed by atoms with Crippen LogP contribution in [0.3, 0.4) is 0 Å². The fraction of sp³-hybridized carbons (Fsp3) is 0.611. The summed E-state index contributed by atoms with van der Waals surface area (Å²) in [6.07, 6.45) is 1.67. The van der Waals surface area contributed by atoms with E-state index in [-0.39, 0.29) is 29.8 Å². The Labute approximate surface area is 140 Å². The van der Waals surface area contributed by atoms with Crippen LogP contribution in [0.4, 0.5) is 0 Å². The normalized spacial score (nSPS) is 18.8. The molecule has 0 spiro atoms. The highest BCUT2D eigenvalue weighted by Crippen LogP contribution is 2.28. The van der Waals surface area contributed by atoms with Gasteiger partial charge in [0.15, 0.2) is 0 Å². The Hall–Kier alpha value is -1.06. The van der Waals surface area contributed by atoms with E-state index in [1.165, 1.54) is 11.1 Å². The summed E-state index contributed by atoms with van der Waals surface area (Å²) in [5, 5.41) is 6.59. The van der Waals surface area contributed by atoms with Gasteiger partial charge in [0.05, 0.1) is 0 Å². The van der Waals surface area contributed by atoms with Crippen LogP contribution in [-0.4, -0.2) is 19.0 Å². The molecule has 1 aromatic carbocycles. The molecule has 1 aliphatic rings. The number of carbonyl (C=O) groups excluding carboxylic acids is 1. The van der Waals surface area contributed by atoms with E-state index in [0.717, 1.165) is 13.0 Å². The lowest BCUT2D eigenvalue weighted by atomic mass is 9.80. The molecule has 0 aliphatic carbocycles. The van der Waals surface area contributed by atoms with Crippen molar-refractivity contribution in [1.29, 1.82) is 0 Å². The maximum Gasteiger partial charge on any atom is 0.220 e. The van der Waals surface area contributed by atoms with Gasteiger partial charge in [-0.25, -0.2) is 0 Å². The Morgan fingerprint density at radius 1 is 1.36 bits per heavy atom. The maximum absolute atomic E-state index is 12.1. The lowest BCUT2D eigenvalue weighted by Gasteiger charge is -2.29. The second-order valence-electron chi connectivity index (χ2n) is 7.23. The van der Waals surface area contributed by atoms with E-state index in [4.69, 9.17) is 0 Å². The topological polar surface area (TPSA) is 41.1 Å². The molecule has 0 aromatic heterocycles. The van der Waals surface area contributed by atoms with Crippen molar-refractivity contribution in [3.8, 4) is 0 Å². The molecule has 1 aromatic rings. The molecular formula is C18H29ClN2O. The summed E-state index contributed by atoms with van der Waals surface area (Å²) in [5.41, 5.74) is 2.90. The first-order valence-corrected chi connectivity index (χ1v) is 7.96. The molecule has 22 heavy (non-hydrogen) atoms. The van der Waals surface area contributed by atoms with Gasteiger partial charge in [-0.15, -0.1) is 12.4 Å². The molecule has 2 N–H and O–H groups in total. The van der Waals surface area contributed by atoms with Gasteiger partial charge in [-0.1, -0.05) is 52.0 Å². The van der Waals surface area contributed by atoms with Gasteiger partial charge in [0.1, 0.15) is 0 Å². The van der Waals surface area contributed by atoms with E-state index in [9.17, 15) is 4.79 Å². The van der Waals surface area contributed by atoms with Gasteiger partial charge >= 0.3 is 0 Å². The Balaban J connectivity index is 0.00000242. The van der Waals surface area contributed by atoms with Crippen LogP contribution in [-0.2, 0) is 11.2 Å². The second kappa shape index (κ2) is 7.98. The van der Waals surface area contributed by atoms with Crippen molar-refractivity contribution in [2.24, 2.45) is 11.3 Å². The monoisotopic (exact) mass is 324 g/mol. The summed E-state index contributed by atoms with van der Waals surface area (Å²) in [4.78, 5) is 12.1. The van der Waals surface area contributed by atoms with Crippen molar-refractivity contribution in [1.82, 2.24) is 10.6 Å². The molecule has 0 fully saturated rings. The summed E-state index contributed by atoms with van der Waals surface area (Å²) >= 11 is 0. The zero-order valence-corrected chi connectivity index (χ0v) is 14.9. The van der Waals surface area contributed by atoms with Crippen molar-refractivity contribution in [2.45, 2.75) is 46.6 Å². The highest BCUT2D eigenvalue weighted by Gasteiger charge is 2.24. The Kier molecular flexibility index (Phi) is 6.89. The highest BCUT2D eigenvalue weighted by atomic mass is 35.5. The standard InChI is InChI=1S/C18H28N2O.ClH/c1-13(18(2,3)4)11-17(21)20-12-16-15-8-6-5-7-14(15)9-10-19-16;/h5-8,13,16,19H,9-12H2,1-4H3,(H,20,21);1H. The van der Waals surface area contributed by atoms with Crippen LogP contribution < -0.4 is 10.6 Å². The third kappa shape index (κ3) is 4.99. The molecule has 0 saturated carbocycles. The fourth-order valence-corrected chi connectivity index (χ4v) is 2.65. The molecule has 2 atom stereocenters. The first-order chi connectivity index (χ1) is 9.88. The number of carbonyl (C=O) groups is 1. The minimum absolute atomic E-state index is 0. The molecule has 1 heterocycles. The average Bonchev–Trinajstić information content (AvgIpc) is 2.44. The van der Waals surface area contributed by atoms with Gasteiger partial charge in [0.25, 0.3) is 0 Å². The molecular weight excluding hydrogens is 296 g/mol. The molecule has 0 bridgehead atoms. The molecule has 124 valence electrons. The summed E-state index contributed by atoms with van der Waals surface area (Å²) in [6, 6.07) is 8.75. The van der Waals surface area contributed by atoms with Crippen molar-refractivity contribution in [3.05, 3.63) is 35.4 Å². The first kappa shape index (κ1) is 19.0. The molecule has 0 saturated heterocycles. The highest BCUT2D eigenvalue weighted by molar-refractivity contribution is 5.85. The number of halogens is 1.